The van der Waals surface area contributed by atoms with Crippen LogP contribution in [0.15, 0.2) is 36.4 Å². The number of nitrogens with one attached hydrogen (secondary N) is 1. The Labute approximate surface area is 126 Å². The van der Waals surface area contributed by atoms with E-state index in [9.17, 15) is 4.39 Å². The van der Waals surface area contributed by atoms with Gasteiger partial charge in [0.05, 0.1) is 7.11 Å². The van der Waals surface area contributed by atoms with Gasteiger partial charge < -0.3 is 10.1 Å². The minimum Gasteiger partial charge on any atom is -0.496 e. The molecule has 1 N–H and O–H groups in total. The van der Waals surface area contributed by atoms with Crippen LogP contribution in [-0.2, 0) is 6.42 Å². The van der Waals surface area contributed by atoms with Crippen molar-refractivity contribution >= 4 is 0 Å². The van der Waals surface area contributed by atoms with Crippen molar-refractivity contribution in [3.63, 3.8) is 0 Å². The fraction of sp³-hybridized carbons (Fsp3) is 0.333. The highest BCUT2D eigenvalue weighted by atomic mass is 19.1. The first kappa shape index (κ1) is 15.5. The Kier molecular flexibility index (Phi) is 4.97. The molecule has 2 rings (SSSR count). The molecule has 0 aliphatic heterocycles. The van der Waals surface area contributed by atoms with Crippen LogP contribution < -0.4 is 10.1 Å². The van der Waals surface area contributed by atoms with Gasteiger partial charge in [-0.05, 0) is 62.2 Å². The molecule has 0 aromatic heterocycles. The predicted octanol–water partition coefficient (Wildman–Crippen LogP) is 3.95. The van der Waals surface area contributed by atoms with Crippen molar-refractivity contribution in [2.45, 2.75) is 26.3 Å². The summed E-state index contributed by atoms with van der Waals surface area (Å²) in [7, 11) is 3.58. The van der Waals surface area contributed by atoms with Crippen LogP contribution in [0.2, 0.25) is 0 Å². The van der Waals surface area contributed by atoms with Crippen molar-refractivity contribution in [1.82, 2.24) is 5.32 Å². The third kappa shape index (κ3) is 3.61. The smallest absolute Gasteiger partial charge is 0.123 e. The van der Waals surface area contributed by atoms with E-state index in [2.05, 4.69) is 18.3 Å². The molecule has 0 radical (unpaired) electrons. The summed E-state index contributed by atoms with van der Waals surface area (Å²) in [5.74, 6) is 0.668. The van der Waals surface area contributed by atoms with Crippen LogP contribution in [-0.4, -0.2) is 14.2 Å². The second kappa shape index (κ2) is 6.72. The van der Waals surface area contributed by atoms with Gasteiger partial charge >= 0.3 is 0 Å². The van der Waals surface area contributed by atoms with E-state index in [1.54, 1.807) is 13.2 Å². The second-order valence-electron chi connectivity index (χ2n) is 5.36. The van der Waals surface area contributed by atoms with Crippen molar-refractivity contribution in [3.05, 3.63) is 64.5 Å². The minimum absolute atomic E-state index is 0.0522. The number of hydrogen-bond donors (Lipinski definition) is 1. The van der Waals surface area contributed by atoms with E-state index in [1.807, 2.05) is 32.2 Å². The van der Waals surface area contributed by atoms with Gasteiger partial charge in [-0.25, -0.2) is 4.39 Å². The zero-order chi connectivity index (χ0) is 15.4. The topological polar surface area (TPSA) is 21.3 Å². The van der Waals surface area contributed by atoms with Gasteiger partial charge in [-0.15, -0.1) is 0 Å². The quantitative estimate of drug-likeness (QED) is 0.899. The van der Waals surface area contributed by atoms with E-state index in [-0.39, 0.29) is 11.9 Å². The molecule has 0 bridgehead atoms. The van der Waals surface area contributed by atoms with Crippen LogP contribution in [0.1, 0.15) is 28.3 Å². The molecular weight excluding hydrogens is 265 g/mol. The van der Waals surface area contributed by atoms with Crippen LogP contribution in [0.5, 0.6) is 5.75 Å². The van der Waals surface area contributed by atoms with E-state index >= 15 is 0 Å². The number of ether oxygens (including phenoxy) is 1. The summed E-state index contributed by atoms with van der Waals surface area (Å²) < 4.78 is 19.0. The highest BCUT2D eigenvalue weighted by Gasteiger charge is 2.16. The summed E-state index contributed by atoms with van der Waals surface area (Å²) in [6, 6.07) is 11.1. The summed E-state index contributed by atoms with van der Waals surface area (Å²) >= 11 is 0. The molecule has 0 aliphatic rings. The number of likely N-dealkylation sites (N-methyl/N-ethyl adjacent to an activating group) is 1. The van der Waals surface area contributed by atoms with Crippen molar-refractivity contribution < 1.29 is 9.13 Å². The summed E-state index contributed by atoms with van der Waals surface area (Å²) in [4.78, 5) is 0. The molecule has 0 saturated carbocycles. The van der Waals surface area contributed by atoms with Gasteiger partial charge in [-0.2, -0.15) is 0 Å². The first-order chi connectivity index (χ1) is 10.0. The van der Waals surface area contributed by atoms with Crippen LogP contribution in [0.25, 0.3) is 0 Å². The van der Waals surface area contributed by atoms with Gasteiger partial charge in [0.1, 0.15) is 11.6 Å². The number of rotatable bonds is 5. The molecule has 0 aliphatic carbocycles. The molecule has 2 nitrogen and oxygen atoms in total. The van der Waals surface area contributed by atoms with E-state index in [0.29, 0.717) is 0 Å². The third-order valence-corrected chi connectivity index (χ3v) is 3.83. The Hall–Kier alpha value is -1.87. The molecule has 2 aromatic rings. The summed E-state index contributed by atoms with van der Waals surface area (Å²) in [5.41, 5.74) is 4.39. The Balaban J connectivity index is 2.35. The standard InChI is InChI=1S/C18H22FNO/c1-12-5-8-18(21-4)14(9-12)10-17(20-3)16-11-15(19)7-6-13(16)2/h5-9,11,17,20H,10H2,1-4H3. The number of halogens is 1. The monoisotopic (exact) mass is 287 g/mol. The van der Waals surface area contributed by atoms with Crippen molar-refractivity contribution in [2.75, 3.05) is 14.2 Å². The molecular formula is C18H22FNO. The summed E-state index contributed by atoms with van der Waals surface area (Å²) in [6.07, 6.45) is 0.756. The fourth-order valence-corrected chi connectivity index (χ4v) is 2.64. The minimum atomic E-state index is -0.202. The summed E-state index contributed by atoms with van der Waals surface area (Å²) in [6.45, 7) is 4.07. The van der Waals surface area contributed by atoms with Gasteiger partial charge in [-0.3, -0.25) is 0 Å². The molecule has 1 atom stereocenters. The maximum atomic E-state index is 13.5. The fourth-order valence-electron chi connectivity index (χ4n) is 2.64. The predicted molar refractivity (Wildman–Crippen MR) is 84.4 cm³/mol. The normalized spacial score (nSPS) is 12.2. The molecule has 0 saturated heterocycles. The molecule has 2 aromatic carbocycles. The van der Waals surface area contributed by atoms with Crippen molar-refractivity contribution in [3.8, 4) is 5.75 Å². The van der Waals surface area contributed by atoms with Gasteiger partial charge in [-0.1, -0.05) is 23.8 Å². The molecule has 21 heavy (non-hydrogen) atoms. The van der Waals surface area contributed by atoms with E-state index in [4.69, 9.17) is 4.74 Å². The van der Waals surface area contributed by atoms with Crippen molar-refractivity contribution in [1.29, 1.82) is 0 Å². The average molecular weight is 287 g/mol. The van der Waals surface area contributed by atoms with Gasteiger partial charge in [0.2, 0.25) is 0 Å². The lowest BCUT2D eigenvalue weighted by molar-refractivity contribution is 0.406. The lowest BCUT2D eigenvalue weighted by Crippen LogP contribution is -2.20. The first-order valence-corrected chi connectivity index (χ1v) is 7.12. The number of aryl methyl sites for hydroxylation is 2. The zero-order valence-electron chi connectivity index (χ0n) is 13.0. The number of benzene rings is 2. The van der Waals surface area contributed by atoms with Gasteiger partial charge in [0, 0.05) is 6.04 Å². The third-order valence-electron chi connectivity index (χ3n) is 3.83. The van der Waals surface area contributed by atoms with E-state index < -0.39 is 0 Å². The SMILES string of the molecule is CNC(Cc1cc(C)ccc1OC)c1cc(F)ccc1C. The molecule has 3 heteroatoms. The van der Waals surface area contributed by atoms with Gasteiger partial charge in [0.15, 0.2) is 0 Å². The first-order valence-electron chi connectivity index (χ1n) is 7.12. The zero-order valence-corrected chi connectivity index (χ0v) is 13.0. The highest BCUT2D eigenvalue weighted by Crippen LogP contribution is 2.27. The molecule has 0 spiro atoms. The molecule has 0 amide bonds. The van der Waals surface area contributed by atoms with E-state index in [0.717, 1.165) is 28.9 Å². The number of hydrogen-bond acceptors (Lipinski definition) is 2. The van der Waals surface area contributed by atoms with Gasteiger partial charge in [0.25, 0.3) is 0 Å². The van der Waals surface area contributed by atoms with E-state index in [1.165, 1.54) is 11.6 Å². The molecule has 112 valence electrons. The Morgan fingerprint density at radius 3 is 2.57 bits per heavy atom. The highest BCUT2D eigenvalue weighted by molar-refractivity contribution is 5.39. The summed E-state index contributed by atoms with van der Waals surface area (Å²) in [5, 5.41) is 3.28. The lowest BCUT2D eigenvalue weighted by atomic mass is 9.94. The van der Waals surface area contributed by atoms with Crippen LogP contribution in [0.4, 0.5) is 4.39 Å². The Morgan fingerprint density at radius 2 is 1.90 bits per heavy atom. The largest absolute Gasteiger partial charge is 0.496 e. The maximum absolute atomic E-state index is 13.5. The van der Waals surface area contributed by atoms with Crippen LogP contribution in [0, 0.1) is 19.7 Å². The molecule has 0 fully saturated rings. The second-order valence-corrected chi connectivity index (χ2v) is 5.36. The molecule has 0 heterocycles. The van der Waals surface area contributed by atoms with Crippen LogP contribution >= 0.6 is 0 Å². The van der Waals surface area contributed by atoms with Crippen molar-refractivity contribution in [2.24, 2.45) is 0 Å². The maximum Gasteiger partial charge on any atom is 0.123 e. The Bertz CT molecular complexity index is 625. The molecule has 1 unspecified atom stereocenters. The number of methoxy groups -OCH3 is 1. The Morgan fingerprint density at radius 1 is 1.14 bits per heavy atom. The van der Waals surface area contributed by atoms with Crippen LogP contribution in [0.3, 0.4) is 0 Å². The average Bonchev–Trinajstić information content (AvgIpc) is 2.47. The lowest BCUT2D eigenvalue weighted by Gasteiger charge is -2.20.